The van der Waals surface area contributed by atoms with E-state index >= 15 is 0 Å². The molecule has 1 saturated carbocycles. The molecule has 188 valence electrons. The third-order valence-corrected chi connectivity index (χ3v) is 7.45. The molecule has 1 aromatic carbocycles. The van der Waals surface area contributed by atoms with E-state index in [1.165, 1.54) is 18.4 Å². The van der Waals surface area contributed by atoms with Gasteiger partial charge >= 0.3 is 0 Å². The van der Waals surface area contributed by atoms with Crippen molar-refractivity contribution in [2.45, 2.75) is 57.9 Å². The molecule has 9 heteroatoms. The molecule has 3 heterocycles. The highest BCUT2D eigenvalue weighted by molar-refractivity contribution is 5.97. The Balaban J connectivity index is 1.33. The summed E-state index contributed by atoms with van der Waals surface area (Å²) >= 11 is 0. The Morgan fingerprint density at radius 3 is 2.50 bits per heavy atom. The number of rotatable bonds is 8. The lowest BCUT2D eigenvalue weighted by atomic mass is 9.85. The number of hydrogen-bond acceptors (Lipinski definition) is 7. The predicted octanol–water partition coefficient (Wildman–Crippen LogP) is 4.12. The number of carbonyl (C=O) groups is 2. The number of nitrogens with two attached hydrogens (primary N) is 1. The largest absolute Gasteiger partial charge is 0.364 e. The summed E-state index contributed by atoms with van der Waals surface area (Å²) in [6, 6.07) is 8.19. The zero-order valence-corrected chi connectivity index (χ0v) is 21.1. The molecule has 1 aliphatic carbocycles. The fourth-order valence-corrected chi connectivity index (χ4v) is 5.16. The van der Waals surface area contributed by atoms with Gasteiger partial charge < -0.3 is 20.5 Å². The van der Waals surface area contributed by atoms with Crippen molar-refractivity contribution in [1.29, 1.82) is 0 Å². The first-order chi connectivity index (χ1) is 17.3. The van der Waals surface area contributed by atoms with Gasteiger partial charge in [-0.3, -0.25) is 9.59 Å². The Bertz CT molecular complexity index is 1280. The van der Waals surface area contributed by atoms with Gasteiger partial charge in [0.25, 0.3) is 5.91 Å². The average Bonchev–Trinajstić information content (AvgIpc) is 3.65. The molecular formula is C27H33N7O2. The van der Waals surface area contributed by atoms with Crippen LogP contribution in [0, 0.1) is 12.8 Å². The van der Waals surface area contributed by atoms with E-state index in [4.69, 9.17) is 5.73 Å². The number of aromatic nitrogens is 4. The van der Waals surface area contributed by atoms with E-state index < -0.39 is 5.91 Å². The van der Waals surface area contributed by atoms with Gasteiger partial charge in [-0.15, -0.1) is 10.2 Å². The standard InChI is InChI=1S/C27H33N7O2/c1-16-14-33(3)15-22(16)29-26-24(25(28)36)31-32-27(30-26)34-12-4-5-21(17(34)2)13-23(35)20-10-8-19(9-11-20)18-6-7-18/h8-11,14-15,17-18,21H,4-7,12-13H2,1-3H3,(H2,28,36)(H,29,30,32)/t17-,21+/m1/s1. The highest BCUT2D eigenvalue weighted by Crippen LogP contribution is 2.40. The van der Waals surface area contributed by atoms with Crippen molar-refractivity contribution in [2.24, 2.45) is 18.7 Å². The maximum Gasteiger partial charge on any atom is 0.273 e. The maximum absolute atomic E-state index is 13.1. The van der Waals surface area contributed by atoms with E-state index in [1.807, 2.05) is 43.1 Å². The number of amides is 1. The third kappa shape index (κ3) is 4.96. The summed E-state index contributed by atoms with van der Waals surface area (Å²) in [6.45, 7) is 4.83. The Hall–Kier alpha value is -3.75. The van der Waals surface area contributed by atoms with Crippen LogP contribution in [0.3, 0.4) is 0 Å². The first kappa shape index (κ1) is 24.0. The van der Waals surface area contributed by atoms with Crippen molar-refractivity contribution >= 4 is 29.1 Å². The summed E-state index contributed by atoms with van der Waals surface area (Å²) in [5, 5.41) is 11.6. The summed E-state index contributed by atoms with van der Waals surface area (Å²) in [4.78, 5) is 31.8. The van der Waals surface area contributed by atoms with Gasteiger partial charge in [0.2, 0.25) is 5.95 Å². The molecule has 3 aromatic rings. The van der Waals surface area contributed by atoms with E-state index in [1.54, 1.807) is 0 Å². The number of anilines is 3. The summed E-state index contributed by atoms with van der Waals surface area (Å²) in [7, 11) is 1.93. The zero-order valence-electron chi connectivity index (χ0n) is 21.1. The highest BCUT2D eigenvalue weighted by atomic mass is 16.1. The summed E-state index contributed by atoms with van der Waals surface area (Å²) < 4.78 is 1.92. The summed E-state index contributed by atoms with van der Waals surface area (Å²) in [5.41, 5.74) is 9.47. The van der Waals surface area contributed by atoms with E-state index in [2.05, 4.69) is 44.5 Å². The van der Waals surface area contributed by atoms with Crippen LogP contribution in [0.2, 0.25) is 0 Å². The fraction of sp³-hybridized carbons (Fsp3) is 0.444. The van der Waals surface area contributed by atoms with Crippen LogP contribution in [0.4, 0.5) is 17.5 Å². The Kier molecular flexibility index (Phi) is 6.47. The topological polar surface area (TPSA) is 119 Å². The number of hydrogen-bond donors (Lipinski definition) is 2. The first-order valence-corrected chi connectivity index (χ1v) is 12.6. The van der Waals surface area contributed by atoms with Crippen LogP contribution in [0.15, 0.2) is 36.7 Å². The van der Waals surface area contributed by atoms with Crippen LogP contribution in [-0.4, -0.2) is 44.0 Å². The molecule has 1 aliphatic heterocycles. The van der Waals surface area contributed by atoms with E-state index in [0.29, 0.717) is 18.3 Å². The molecule has 0 unspecified atom stereocenters. The van der Waals surface area contributed by atoms with Crippen molar-refractivity contribution in [2.75, 3.05) is 16.8 Å². The SMILES string of the molecule is Cc1cn(C)cc1Nc1nc(N2CCC[C@@H](CC(=O)c3ccc(C4CC4)cc3)[C@H]2C)nnc1C(N)=O. The quantitative estimate of drug-likeness (QED) is 0.459. The minimum atomic E-state index is -0.694. The van der Waals surface area contributed by atoms with Gasteiger partial charge in [0.15, 0.2) is 17.3 Å². The van der Waals surface area contributed by atoms with Crippen LogP contribution in [-0.2, 0) is 7.05 Å². The van der Waals surface area contributed by atoms with Gasteiger partial charge in [0, 0.05) is 44.0 Å². The molecule has 2 aliphatic rings. The van der Waals surface area contributed by atoms with Gasteiger partial charge in [0.1, 0.15) is 0 Å². The number of primary amides is 1. The van der Waals surface area contributed by atoms with Crippen LogP contribution >= 0.6 is 0 Å². The number of carbonyl (C=O) groups excluding carboxylic acids is 2. The number of piperidine rings is 1. The summed E-state index contributed by atoms with van der Waals surface area (Å²) in [5.74, 6) is 1.03. The van der Waals surface area contributed by atoms with Gasteiger partial charge in [-0.2, -0.15) is 4.98 Å². The molecule has 3 N–H and O–H groups in total. The smallest absolute Gasteiger partial charge is 0.273 e. The monoisotopic (exact) mass is 487 g/mol. The molecule has 2 fully saturated rings. The van der Waals surface area contributed by atoms with Gasteiger partial charge in [-0.1, -0.05) is 24.3 Å². The Morgan fingerprint density at radius 2 is 1.86 bits per heavy atom. The Morgan fingerprint density at radius 1 is 1.11 bits per heavy atom. The first-order valence-electron chi connectivity index (χ1n) is 12.6. The molecule has 1 amide bonds. The van der Waals surface area contributed by atoms with Crippen molar-refractivity contribution in [1.82, 2.24) is 19.7 Å². The van der Waals surface area contributed by atoms with Crippen LogP contribution < -0.4 is 16.0 Å². The normalized spacial score (nSPS) is 19.8. The van der Waals surface area contributed by atoms with Crippen LogP contribution in [0.5, 0.6) is 0 Å². The molecule has 0 radical (unpaired) electrons. The second-order valence-electron chi connectivity index (χ2n) is 10.2. The minimum Gasteiger partial charge on any atom is -0.364 e. The molecule has 1 saturated heterocycles. The van der Waals surface area contributed by atoms with Crippen LogP contribution in [0.1, 0.15) is 76.9 Å². The molecule has 0 spiro atoms. The maximum atomic E-state index is 13.1. The molecule has 5 rings (SSSR count). The van der Waals surface area contributed by atoms with E-state index in [0.717, 1.165) is 36.2 Å². The molecular weight excluding hydrogens is 454 g/mol. The predicted molar refractivity (Wildman–Crippen MR) is 139 cm³/mol. The molecule has 9 nitrogen and oxygen atoms in total. The molecule has 36 heavy (non-hydrogen) atoms. The third-order valence-electron chi connectivity index (χ3n) is 7.45. The minimum absolute atomic E-state index is 0.00645. The number of Topliss-reactive ketones (excluding diaryl/α,β-unsaturated/α-hetero) is 1. The average molecular weight is 488 g/mol. The van der Waals surface area contributed by atoms with Crippen molar-refractivity contribution in [3.05, 3.63) is 59.0 Å². The second-order valence-corrected chi connectivity index (χ2v) is 10.2. The van der Waals surface area contributed by atoms with Crippen molar-refractivity contribution < 1.29 is 9.59 Å². The van der Waals surface area contributed by atoms with Crippen molar-refractivity contribution in [3.8, 4) is 0 Å². The zero-order chi connectivity index (χ0) is 25.4. The number of nitrogens with zero attached hydrogens (tertiary/aromatic N) is 5. The lowest BCUT2D eigenvalue weighted by Gasteiger charge is -2.39. The van der Waals surface area contributed by atoms with Gasteiger partial charge in [-0.25, -0.2) is 0 Å². The second kappa shape index (κ2) is 9.72. The van der Waals surface area contributed by atoms with Gasteiger partial charge in [-0.05, 0) is 62.5 Å². The molecule has 2 atom stereocenters. The number of nitrogens with one attached hydrogen (secondary N) is 1. The molecule has 2 aromatic heterocycles. The lowest BCUT2D eigenvalue weighted by molar-refractivity contribution is 0.0944. The van der Waals surface area contributed by atoms with Crippen molar-refractivity contribution in [3.63, 3.8) is 0 Å². The fourth-order valence-electron chi connectivity index (χ4n) is 5.16. The van der Waals surface area contributed by atoms with E-state index in [9.17, 15) is 9.59 Å². The van der Waals surface area contributed by atoms with Gasteiger partial charge in [0.05, 0.1) is 5.69 Å². The molecule has 0 bridgehead atoms. The number of ketones is 1. The van der Waals surface area contributed by atoms with Crippen LogP contribution in [0.25, 0.3) is 0 Å². The number of benzene rings is 1. The number of aryl methyl sites for hydroxylation is 2. The lowest BCUT2D eigenvalue weighted by Crippen LogP contribution is -2.45. The Labute approximate surface area is 211 Å². The van der Waals surface area contributed by atoms with E-state index in [-0.39, 0.29) is 29.3 Å². The highest BCUT2D eigenvalue weighted by Gasteiger charge is 2.32. The summed E-state index contributed by atoms with van der Waals surface area (Å²) in [6.07, 6.45) is 8.74.